The van der Waals surface area contributed by atoms with E-state index < -0.39 is 22.1 Å². The summed E-state index contributed by atoms with van der Waals surface area (Å²) in [5.41, 5.74) is 2.26. The summed E-state index contributed by atoms with van der Waals surface area (Å²) in [5.74, 6) is -0.419. The van der Waals surface area contributed by atoms with Crippen molar-refractivity contribution in [3.05, 3.63) is 66.3 Å². The number of aromatic hydroxyl groups is 1. The third-order valence-corrected chi connectivity index (χ3v) is 4.43. The van der Waals surface area contributed by atoms with Gasteiger partial charge in [-0.05, 0) is 12.0 Å². The van der Waals surface area contributed by atoms with Gasteiger partial charge in [-0.25, -0.2) is 4.79 Å². The molecule has 0 radical (unpaired) electrons. The first kappa shape index (κ1) is 18.4. The van der Waals surface area contributed by atoms with E-state index in [0.29, 0.717) is 12.0 Å². The lowest BCUT2D eigenvalue weighted by atomic mass is 9.99. The Hall–Kier alpha value is -3.43. The number of H-pyrrole nitrogens is 1. The van der Waals surface area contributed by atoms with Crippen LogP contribution in [0.5, 0.6) is 5.88 Å². The summed E-state index contributed by atoms with van der Waals surface area (Å²) in [6, 6.07) is 5.73. The molecule has 2 aromatic rings. The van der Waals surface area contributed by atoms with Crippen molar-refractivity contribution in [2.45, 2.75) is 38.8 Å². The molecule has 3 N–H and O–H groups in total. The molecule has 142 valence electrons. The van der Waals surface area contributed by atoms with Gasteiger partial charge in [0.05, 0.1) is 16.7 Å². The van der Waals surface area contributed by atoms with Crippen LogP contribution in [0.1, 0.15) is 43.4 Å². The maximum absolute atomic E-state index is 12.2. The van der Waals surface area contributed by atoms with Gasteiger partial charge >= 0.3 is 5.69 Å². The Labute approximate surface area is 153 Å². The molecule has 1 aliphatic rings. The van der Waals surface area contributed by atoms with E-state index in [2.05, 4.69) is 15.5 Å². The molecule has 10 heteroatoms. The fourth-order valence-corrected chi connectivity index (χ4v) is 2.99. The Balaban J connectivity index is 1.91. The lowest BCUT2D eigenvalue weighted by Crippen LogP contribution is -2.33. The van der Waals surface area contributed by atoms with Gasteiger partial charge in [-0.3, -0.25) is 24.5 Å². The van der Waals surface area contributed by atoms with Gasteiger partial charge in [-0.1, -0.05) is 25.5 Å². The molecule has 10 nitrogen and oxygen atoms in total. The van der Waals surface area contributed by atoms with Crippen molar-refractivity contribution < 1.29 is 10.0 Å². The first-order valence-corrected chi connectivity index (χ1v) is 8.55. The largest absolute Gasteiger partial charge is 0.494 e. The monoisotopic (exact) mass is 373 g/mol. The van der Waals surface area contributed by atoms with E-state index in [9.17, 15) is 24.8 Å². The SMILES string of the molecule is CCCCn1c(O)c(C2=NN[C@H](c3cccc([N+](=O)[O-])c3)C2)c(=O)[nH]c1=O. The number of aromatic amines is 1. The van der Waals surface area contributed by atoms with Crippen LogP contribution in [0.15, 0.2) is 39.0 Å². The Bertz CT molecular complexity index is 1020. The number of nitro benzene ring substituents is 1. The van der Waals surface area contributed by atoms with Crippen LogP contribution >= 0.6 is 0 Å². The lowest BCUT2D eigenvalue weighted by Gasteiger charge is -2.11. The second kappa shape index (κ2) is 7.44. The third kappa shape index (κ3) is 3.59. The van der Waals surface area contributed by atoms with E-state index in [1.54, 1.807) is 12.1 Å². The minimum atomic E-state index is -0.717. The highest BCUT2D eigenvalue weighted by molar-refractivity contribution is 6.03. The Morgan fingerprint density at radius 3 is 2.89 bits per heavy atom. The van der Waals surface area contributed by atoms with Gasteiger partial charge in [0.15, 0.2) is 0 Å². The van der Waals surface area contributed by atoms with Gasteiger partial charge < -0.3 is 10.5 Å². The van der Waals surface area contributed by atoms with E-state index >= 15 is 0 Å². The summed E-state index contributed by atoms with van der Waals surface area (Å²) in [6.07, 6.45) is 1.72. The quantitative estimate of drug-likeness (QED) is 0.516. The summed E-state index contributed by atoms with van der Waals surface area (Å²) in [5, 5.41) is 25.5. The third-order valence-electron chi connectivity index (χ3n) is 4.43. The molecule has 1 aromatic carbocycles. The van der Waals surface area contributed by atoms with Gasteiger partial charge in [-0.15, -0.1) is 0 Å². The molecular weight excluding hydrogens is 354 g/mol. The van der Waals surface area contributed by atoms with Crippen LogP contribution in [-0.4, -0.2) is 25.3 Å². The molecule has 2 heterocycles. The number of nitro groups is 1. The number of unbranched alkanes of at least 4 members (excludes halogenated alkanes) is 1. The molecule has 1 aromatic heterocycles. The van der Waals surface area contributed by atoms with Crippen LogP contribution < -0.4 is 16.7 Å². The number of nitrogens with zero attached hydrogens (tertiary/aromatic N) is 3. The number of hydrogen-bond acceptors (Lipinski definition) is 7. The highest BCUT2D eigenvalue weighted by Gasteiger charge is 2.27. The van der Waals surface area contributed by atoms with Crippen LogP contribution in [0.4, 0.5) is 5.69 Å². The Kier molecular flexibility index (Phi) is 5.06. The molecule has 0 fully saturated rings. The molecule has 0 saturated heterocycles. The van der Waals surface area contributed by atoms with Gasteiger partial charge in [0, 0.05) is 25.1 Å². The van der Waals surface area contributed by atoms with Crippen molar-refractivity contribution in [1.29, 1.82) is 0 Å². The molecule has 0 aliphatic carbocycles. The summed E-state index contributed by atoms with van der Waals surface area (Å²) >= 11 is 0. The molecular formula is C17H19N5O5. The average molecular weight is 373 g/mol. The maximum atomic E-state index is 12.2. The van der Waals surface area contributed by atoms with E-state index in [4.69, 9.17) is 0 Å². The number of non-ortho nitro benzene ring substituents is 1. The van der Waals surface area contributed by atoms with Crippen molar-refractivity contribution in [3.8, 4) is 5.88 Å². The summed E-state index contributed by atoms with van der Waals surface area (Å²) in [6.45, 7) is 2.23. The second-order valence-electron chi connectivity index (χ2n) is 6.26. The minimum Gasteiger partial charge on any atom is -0.494 e. The molecule has 0 unspecified atom stereocenters. The standard InChI is InChI=1S/C17H19N5O5/c1-2-3-7-21-16(24)14(15(23)18-17(21)25)13-9-12(19-20-13)10-5-4-6-11(8-10)22(26)27/h4-6,8,12,19,24H,2-3,7,9H2,1H3,(H,18,23,25)/t12-/m0/s1. The zero-order valence-electron chi connectivity index (χ0n) is 14.6. The van der Waals surface area contributed by atoms with Crippen LogP contribution in [0, 0.1) is 10.1 Å². The Morgan fingerprint density at radius 2 is 2.19 bits per heavy atom. The number of hydrogen-bond donors (Lipinski definition) is 3. The van der Waals surface area contributed by atoms with Gasteiger partial charge in [0.25, 0.3) is 11.2 Å². The number of hydrazone groups is 1. The molecule has 27 heavy (non-hydrogen) atoms. The number of benzene rings is 1. The first-order chi connectivity index (χ1) is 12.9. The highest BCUT2D eigenvalue weighted by atomic mass is 16.6. The molecule has 1 atom stereocenters. The fraction of sp³-hybridized carbons (Fsp3) is 0.353. The van der Waals surface area contributed by atoms with Gasteiger partial charge in [0.1, 0.15) is 5.56 Å². The highest BCUT2D eigenvalue weighted by Crippen LogP contribution is 2.28. The summed E-state index contributed by atoms with van der Waals surface area (Å²) in [7, 11) is 0. The number of rotatable bonds is 6. The van der Waals surface area contributed by atoms with Crippen LogP contribution in [-0.2, 0) is 6.54 Å². The van der Waals surface area contributed by atoms with E-state index in [0.717, 1.165) is 11.0 Å². The summed E-state index contributed by atoms with van der Waals surface area (Å²) in [4.78, 5) is 36.8. The molecule has 0 bridgehead atoms. The van der Waals surface area contributed by atoms with Crippen molar-refractivity contribution >= 4 is 11.4 Å². The molecule has 1 aliphatic heterocycles. The lowest BCUT2D eigenvalue weighted by molar-refractivity contribution is -0.384. The van der Waals surface area contributed by atoms with E-state index in [-0.39, 0.29) is 36.0 Å². The number of aromatic nitrogens is 2. The molecule has 0 spiro atoms. The Morgan fingerprint density at radius 1 is 1.41 bits per heavy atom. The zero-order chi connectivity index (χ0) is 19.6. The predicted octanol–water partition coefficient (Wildman–Crippen LogP) is 1.39. The van der Waals surface area contributed by atoms with Crippen LogP contribution in [0.2, 0.25) is 0 Å². The van der Waals surface area contributed by atoms with Crippen molar-refractivity contribution in [1.82, 2.24) is 15.0 Å². The van der Waals surface area contributed by atoms with Crippen LogP contribution in [0.3, 0.4) is 0 Å². The van der Waals surface area contributed by atoms with Gasteiger partial charge in [-0.2, -0.15) is 5.10 Å². The maximum Gasteiger partial charge on any atom is 0.331 e. The topological polar surface area (TPSA) is 143 Å². The first-order valence-electron chi connectivity index (χ1n) is 8.55. The normalized spacial score (nSPS) is 16.0. The number of nitrogens with one attached hydrogen (secondary N) is 2. The van der Waals surface area contributed by atoms with Gasteiger partial charge in [0.2, 0.25) is 5.88 Å². The molecule has 0 saturated carbocycles. The fourth-order valence-electron chi connectivity index (χ4n) is 2.99. The van der Waals surface area contributed by atoms with E-state index in [1.165, 1.54) is 12.1 Å². The zero-order valence-corrected chi connectivity index (χ0v) is 14.6. The van der Waals surface area contributed by atoms with Crippen LogP contribution in [0.25, 0.3) is 0 Å². The smallest absolute Gasteiger partial charge is 0.331 e. The van der Waals surface area contributed by atoms with Crippen molar-refractivity contribution in [2.75, 3.05) is 0 Å². The van der Waals surface area contributed by atoms with Crippen molar-refractivity contribution in [3.63, 3.8) is 0 Å². The van der Waals surface area contributed by atoms with E-state index in [1.807, 2.05) is 6.92 Å². The predicted molar refractivity (Wildman–Crippen MR) is 98.0 cm³/mol. The minimum absolute atomic E-state index is 0.0449. The van der Waals surface area contributed by atoms with Crippen molar-refractivity contribution in [2.24, 2.45) is 5.10 Å². The summed E-state index contributed by atoms with van der Waals surface area (Å²) < 4.78 is 1.11. The molecule has 0 amide bonds. The molecule has 3 rings (SSSR count). The second-order valence-corrected chi connectivity index (χ2v) is 6.26. The average Bonchev–Trinajstić information content (AvgIpc) is 3.11.